The van der Waals surface area contributed by atoms with E-state index in [0.29, 0.717) is 25.2 Å². The average molecular weight is 304 g/mol. The molecule has 1 heterocycles. The summed E-state index contributed by atoms with van der Waals surface area (Å²) in [5, 5.41) is 3.25. The van der Waals surface area contributed by atoms with Gasteiger partial charge < -0.3 is 15.8 Å². The predicted octanol–water partition coefficient (Wildman–Crippen LogP) is 1.97. The summed E-state index contributed by atoms with van der Waals surface area (Å²) in [7, 11) is 0. The van der Waals surface area contributed by atoms with Gasteiger partial charge in [0.25, 0.3) is 0 Å². The van der Waals surface area contributed by atoms with Crippen molar-refractivity contribution in [2.24, 2.45) is 10.7 Å². The molecule has 1 fully saturated rings. The smallest absolute Gasteiger partial charge is 0.188 e. The minimum atomic E-state index is 0.518. The Morgan fingerprint density at radius 3 is 3.09 bits per heavy atom. The summed E-state index contributed by atoms with van der Waals surface area (Å²) in [4.78, 5) is 6.91. The number of hydrogen-bond donors (Lipinski definition) is 2. The van der Waals surface area contributed by atoms with E-state index >= 15 is 0 Å². The lowest BCUT2D eigenvalue weighted by molar-refractivity contribution is 0.267. The molecule has 5 heteroatoms. The maximum absolute atomic E-state index is 5.97. The molecule has 0 saturated carbocycles. The van der Waals surface area contributed by atoms with Gasteiger partial charge in [-0.2, -0.15) is 0 Å². The van der Waals surface area contributed by atoms with Crippen LogP contribution in [0.2, 0.25) is 0 Å². The summed E-state index contributed by atoms with van der Waals surface area (Å²) in [6, 6.07) is 8.57. The third kappa shape index (κ3) is 4.91. The van der Waals surface area contributed by atoms with E-state index in [1.54, 1.807) is 0 Å². The summed E-state index contributed by atoms with van der Waals surface area (Å²) >= 11 is 0. The molecule has 1 aliphatic rings. The van der Waals surface area contributed by atoms with Gasteiger partial charge in [0.05, 0.1) is 13.2 Å². The minimum absolute atomic E-state index is 0.518. The van der Waals surface area contributed by atoms with Crippen LogP contribution in [-0.2, 0) is 6.54 Å². The quantitative estimate of drug-likeness (QED) is 0.597. The molecule has 1 aliphatic heterocycles. The van der Waals surface area contributed by atoms with Crippen molar-refractivity contribution in [3.05, 3.63) is 29.8 Å². The highest BCUT2D eigenvalue weighted by atomic mass is 16.5. The van der Waals surface area contributed by atoms with E-state index in [1.807, 2.05) is 31.2 Å². The summed E-state index contributed by atoms with van der Waals surface area (Å²) < 4.78 is 5.49. The first-order valence-corrected chi connectivity index (χ1v) is 8.22. The molecule has 1 aromatic rings. The third-order valence-corrected chi connectivity index (χ3v) is 4.07. The molecule has 0 spiro atoms. The monoisotopic (exact) mass is 304 g/mol. The fraction of sp³-hybridized carbons (Fsp3) is 0.588. The molecule has 0 aliphatic carbocycles. The molecule has 3 N–H and O–H groups in total. The van der Waals surface area contributed by atoms with E-state index in [-0.39, 0.29) is 0 Å². The van der Waals surface area contributed by atoms with Crippen molar-refractivity contribution in [1.29, 1.82) is 0 Å². The Morgan fingerprint density at radius 2 is 2.32 bits per heavy atom. The summed E-state index contributed by atoms with van der Waals surface area (Å²) in [6.07, 6.45) is 2.52. The number of ether oxygens (including phenoxy) is 1. The van der Waals surface area contributed by atoms with E-state index in [2.05, 4.69) is 22.1 Å². The number of hydrogen-bond acceptors (Lipinski definition) is 3. The van der Waals surface area contributed by atoms with E-state index in [0.717, 1.165) is 24.4 Å². The topological polar surface area (TPSA) is 62.9 Å². The van der Waals surface area contributed by atoms with Gasteiger partial charge in [0.2, 0.25) is 0 Å². The number of aliphatic imine (C=N–C) groups is 1. The van der Waals surface area contributed by atoms with Gasteiger partial charge in [0, 0.05) is 12.6 Å². The Hall–Kier alpha value is -1.75. The second-order valence-electron chi connectivity index (χ2n) is 5.59. The largest absolute Gasteiger partial charge is 0.494 e. The van der Waals surface area contributed by atoms with Gasteiger partial charge >= 0.3 is 0 Å². The highest BCUT2D eigenvalue weighted by molar-refractivity contribution is 5.77. The number of guanidine groups is 1. The van der Waals surface area contributed by atoms with Crippen molar-refractivity contribution in [3.8, 4) is 5.75 Å². The molecule has 0 aromatic heterocycles. The number of likely N-dealkylation sites (N-methyl/N-ethyl adjacent to an activating group) is 1. The van der Waals surface area contributed by atoms with Crippen LogP contribution < -0.4 is 15.8 Å². The third-order valence-electron chi connectivity index (χ3n) is 4.07. The molecule has 0 bridgehead atoms. The summed E-state index contributed by atoms with van der Waals surface area (Å²) in [6.45, 7) is 8.62. The lowest BCUT2D eigenvalue weighted by Crippen LogP contribution is -2.42. The first-order valence-electron chi connectivity index (χ1n) is 8.22. The van der Waals surface area contributed by atoms with Crippen LogP contribution in [0.3, 0.4) is 0 Å². The summed E-state index contributed by atoms with van der Waals surface area (Å²) in [5.41, 5.74) is 7.08. The van der Waals surface area contributed by atoms with Gasteiger partial charge in [-0.25, -0.2) is 4.99 Å². The Morgan fingerprint density at radius 1 is 1.45 bits per heavy atom. The predicted molar refractivity (Wildman–Crippen MR) is 91.2 cm³/mol. The van der Waals surface area contributed by atoms with E-state index in [4.69, 9.17) is 10.5 Å². The second-order valence-corrected chi connectivity index (χ2v) is 5.59. The van der Waals surface area contributed by atoms with Gasteiger partial charge in [0.1, 0.15) is 5.75 Å². The first kappa shape index (κ1) is 16.6. The van der Waals surface area contributed by atoms with Crippen LogP contribution in [0.5, 0.6) is 5.75 Å². The number of nitrogens with zero attached hydrogens (tertiary/aromatic N) is 2. The van der Waals surface area contributed by atoms with Crippen molar-refractivity contribution in [1.82, 2.24) is 10.2 Å². The number of rotatable bonds is 7. The van der Waals surface area contributed by atoms with Gasteiger partial charge in [-0.3, -0.25) is 4.90 Å². The lowest BCUT2D eigenvalue weighted by atomic mass is 10.2. The number of nitrogens with two attached hydrogens (primary N) is 1. The average Bonchev–Trinajstić information content (AvgIpc) is 2.99. The molecule has 1 unspecified atom stereocenters. The Labute approximate surface area is 133 Å². The van der Waals surface area contributed by atoms with Crippen LogP contribution in [0, 0.1) is 0 Å². The van der Waals surface area contributed by atoms with Crippen molar-refractivity contribution >= 4 is 5.96 Å². The molecular formula is C17H28N4O. The zero-order valence-electron chi connectivity index (χ0n) is 13.7. The van der Waals surface area contributed by atoms with Crippen molar-refractivity contribution < 1.29 is 4.74 Å². The molecular weight excluding hydrogens is 276 g/mol. The first-order chi connectivity index (χ1) is 10.7. The van der Waals surface area contributed by atoms with Crippen LogP contribution >= 0.6 is 0 Å². The molecule has 122 valence electrons. The van der Waals surface area contributed by atoms with Gasteiger partial charge in [-0.05, 0) is 50.6 Å². The zero-order chi connectivity index (χ0) is 15.8. The number of nitrogens with one attached hydrogen (secondary N) is 1. The number of likely N-dealkylation sites (tertiary alicyclic amines) is 1. The lowest BCUT2D eigenvalue weighted by Gasteiger charge is -2.23. The Kier molecular flexibility index (Phi) is 6.52. The number of benzene rings is 1. The molecule has 2 rings (SSSR count). The highest BCUT2D eigenvalue weighted by Gasteiger charge is 2.22. The van der Waals surface area contributed by atoms with Gasteiger partial charge in [-0.1, -0.05) is 19.1 Å². The molecule has 5 nitrogen and oxygen atoms in total. The Balaban J connectivity index is 1.81. The molecule has 1 saturated heterocycles. The maximum Gasteiger partial charge on any atom is 0.188 e. The van der Waals surface area contributed by atoms with Crippen LogP contribution in [0.1, 0.15) is 32.3 Å². The van der Waals surface area contributed by atoms with Crippen molar-refractivity contribution in [2.75, 3.05) is 26.2 Å². The van der Waals surface area contributed by atoms with Crippen LogP contribution in [0.15, 0.2) is 29.3 Å². The normalized spacial score (nSPS) is 19.4. The van der Waals surface area contributed by atoms with E-state index in [1.165, 1.54) is 19.4 Å². The van der Waals surface area contributed by atoms with E-state index < -0.39 is 0 Å². The van der Waals surface area contributed by atoms with Gasteiger partial charge in [0.15, 0.2) is 5.96 Å². The molecule has 0 amide bonds. The summed E-state index contributed by atoms with van der Waals surface area (Å²) in [5.74, 6) is 1.40. The van der Waals surface area contributed by atoms with Crippen LogP contribution in [0.25, 0.3) is 0 Å². The van der Waals surface area contributed by atoms with Crippen LogP contribution in [0.4, 0.5) is 0 Å². The molecule has 1 atom stereocenters. The fourth-order valence-electron chi connectivity index (χ4n) is 2.90. The SMILES string of the molecule is CCOc1cccc(CN=C(N)NCC2CCCN2CC)c1. The van der Waals surface area contributed by atoms with Crippen molar-refractivity contribution in [2.45, 2.75) is 39.3 Å². The van der Waals surface area contributed by atoms with Gasteiger partial charge in [-0.15, -0.1) is 0 Å². The zero-order valence-corrected chi connectivity index (χ0v) is 13.7. The molecule has 22 heavy (non-hydrogen) atoms. The molecule has 1 aromatic carbocycles. The Bertz CT molecular complexity index is 489. The van der Waals surface area contributed by atoms with Crippen molar-refractivity contribution in [3.63, 3.8) is 0 Å². The maximum atomic E-state index is 5.97. The van der Waals surface area contributed by atoms with E-state index in [9.17, 15) is 0 Å². The molecule has 0 radical (unpaired) electrons. The van der Waals surface area contributed by atoms with Crippen LogP contribution in [-0.4, -0.2) is 43.1 Å². The second kappa shape index (κ2) is 8.63. The standard InChI is InChI=1S/C17H28N4O/c1-3-21-10-6-8-15(21)13-20-17(18)19-12-14-7-5-9-16(11-14)22-4-2/h5,7,9,11,15H,3-4,6,8,10,12-13H2,1-2H3,(H3,18,19,20). The minimum Gasteiger partial charge on any atom is -0.494 e. The fourth-order valence-corrected chi connectivity index (χ4v) is 2.90. The highest BCUT2D eigenvalue weighted by Crippen LogP contribution is 2.16.